The van der Waals surface area contributed by atoms with Gasteiger partial charge in [-0.2, -0.15) is 0 Å². The molecule has 0 aliphatic carbocycles. The molecule has 1 aromatic rings. The van der Waals surface area contributed by atoms with Crippen molar-refractivity contribution < 1.29 is 14.6 Å². The van der Waals surface area contributed by atoms with E-state index in [0.717, 1.165) is 0 Å². The van der Waals surface area contributed by atoms with Crippen molar-refractivity contribution in [3.8, 4) is 0 Å². The van der Waals surface area contributed by atoms with Gasteiger partial charge in [-0.25, -0.2) is 4.39 Å². The van der Waals surface area contributed by atoms with Gasteiger partial charge in [-0.3, -0.25) is 0 Å². The summed E-state index contributed by atoms with van der Waals surface area (Å²) in [5, 5.41) is 18.2. The van der Waals surface area contributed by atoms with Gasteiger partial charge in [0.1, 0.15) is 5.82 Å². The first-order valence-corrected chi connectivity index (χ1v) is 5.24. The average Bonchev–Trinajstić information content (AvgIpc) is 2.22. The van der Waals surface area contributed by atoms with Crippen molar-refractivity contribution in [2.45, 2.75) is 25.4 Å². The maximum Gasteiger partial charge on any atom is 0.145 e. The van der Waals surface area contributed by atoms with Crippen LogP contribution in [0.4, 0.5) is 4.39 Å². The molecule has 0 bridgehead atoms. The zero-order valence-electron chi connectivity index (χ0n) is 8.29. The molecule has 0 saturated heterocycles. The first-order chi connectivity index (χ1) is 7.15. The lowest BCUT2D eigenvalue weighted by atomic mass is 10.0. The van der Waals surface area contributed by atoms with Crippen molar-refractivity contribution >= 4 is 11.6 Å². The molecule has 0 radical (unpaired) electrons. The second-order valence-corrected chi connectivity index (χ2v) is 3.84. The van der Waals surface area contributed by atoms with Crippen molar-refractivity contribution in [1.29, 1.82) is 0 Å². The summed E-state index contributed by atoms with van der Waals surface area (Å²) in [6, 6.07) is 4.73. The van der Waals surface area contributed by atoms with E-state index in [2.05, 4.69) is 0 Å². The van der Waals surface area contributed by atoms with E-state index in [1.807, 2.05) is 0 Å². The molecule has 0 saturated carbocycles. The molecular formula is C11H14ClFO2. The zero-order chi connectivity index (χ0) is 11.3. The van der Waals surface area contributed by atoms with Gasteiger partial charge in [-0.1, -0.05) is 23.7 Å². The van der Waals surface area contributed by atoms with Gasteiger partial charge in [0.15, 0.2) is 0 Å². The predicted molar refractivity (Wildman–Crippen MR) is 57.4 cm³/mol. The first-order valence-electron chi connectivity index (χ1n) is 4.87. The molecule has 4 heteroatoms. The molecule has 0 aliphatic rings. The van der Waals surface area contributed by atoms with Crippen molar-refractivity contribution in [3.05, 3.63) is 34.6 Å². The normalized spacial score (nSPS) is 12.8. The minimum atomic E-state index is -0.634. The monoisotopic (exact) mass is 232 g/mol. The summed E-state index contributed by atoms with van der Waals surface area (Å²) in [7, 11) is 0. The van der Waals surface area contributed by atoms with Crippen LogP contribution in [0.15, 0.2) is 18.2 Å². The summed E-state index contributed by atoms with van der Waals surface area (Å²) < 4.78 is 13.4. The van der Waals surface area contributed by atoms with Crippen LogP contribution < -0.4 is 0 Å². The van der Waals surface area contributed by atoms with Crippen LogP contribution in [0.25, 0.3) is 0 Å². The highest BCUT2D eigenvalue weighted by atomic mass is 35.5. The molecule has 84 valence electrons. The number of hydrogen-bond donors (Lipinski definition) is 2. The average molecular weight is 233 g/mol. The van der Waals surface area contributed by atoms with Crippen molar-refractivity contribution in [2.75, 3.05) is 6.61 Å². The van der Waals surface area contributed by atoms with Crippen molar-refractivity contribution in [2.24, 2.45) is 0 Å². The van der Waals surface area contributed by atoms with Gasteiger partial charge in [0.25, 0.3) is 0 Å². The van der Waals surface area contributed by atoms with Gasteiger partial charge in [-0.15, -0.1) is 0 Å². The summed E-state index contributed by atoms with van der Waals surface area (Å²) in [5.41, 5.74) is 0.410. The molecule has 0 aromatic heterocycles. The van der Waals surface area contributed by atoms with Crippen LogP contribution in [0.2, 0.25) is 5.02 Å². The second-order valence-electron chi connectivity index (χ2n) is 3.44. The van der Waals surface area contributed by atoms with Gasteiger partial charge in [-0.05, 0) is 24.5 Å². The van der Waals surface area contributed by atoms with Crippen LogP contribution >= 0.6 is 11.6 Å². The zero-order valence-corrected chi connectivity index (χ0v) is 9.04. The smallest absolute Gasteiger partial charge is 0.145 e. The van der Waals surface area contributed by atoms with E-state index in [1.54, 1.807) is 12.1 Å². The third kappa shape index (κ3) is 3.78. The Morgan fingerprint density at radius 3 is 2.80 bits per heavy atom. The molecule has 0 fully saturated rings. The topological polar surface area (TPSA) is 40.5 Å². The maximum absolute atomic E-state index is 13.4. The number of aliphatic hydroxyl groups is 2. The SMILES string of the molecule is OCCCC(O)Cc1cccc(Cl)c1F. The Kier molecular flexibility index (Phi) is 5.02. The Labute approximate surface area is 93.3 Å². The van der Waals surface area contributed by atoms with Gasteiger partial charge in [0, 0.05) is 13.0 Å². The molecule has 0 heterocycles. The second kappa shape index (κ2) is 6.05. The summed E-state index contributed by atoms with van der Waals surface area (Å²) in [5.74, 6) is -0.470. The van der Waals surface area contributed by atoms with Gasteiger partial charge < -0.3 is 10.2 Å². The highest BCUT2D eigenvalue weighted by Gasteiger charge is 2.11. The van der Waals surface area contributed by atoms with Crippen molar-refractivity contribution in [1.82, 2.24) is 0 Å². The summed E-state index contributed by atoms with van der Waals surface area (Å²) >= 11 is 5.60. The number of hydrogen-bond acceptors (Lipinski definition) is 2. The largest absolute Gasteiger partial charge is 0.396 e. The van der Waals surface area contributed by atoms with Crippen LogP contribution in [0.3, 0.4) is 0 Å². The van der Waals surface area contributed by atoms with Crippen molar-refractivity contribution in [3.63, 3.8) is 0 Å². The van der Waals surface area contributed by atoms with E-state index in [1.165, 1.54) is 6.07 Å². The summed E-state index contributed by atoms with van der Waals surface area (Å²) in [4.78, 5) is 0. The Hall–Kier alpha value is -0.640. The number of halogens is 2. The molecule has 1 unspecified atom stereocenters. The van der Waals surface area contributed by atoms with Crippen LogP contribution in [0, 0.1) is 5.82 Å². The number of rotatable bonds is 5. The number of aliphatic hydroxyl groups excluding tert-OH is 2. The highest BCUT2D eigenvalue weighted by molar-refractivity contribution is 6.30. The quantitative estimate of drug-likeness (QED) is 0.817. The molecular weight excluding hydrogens is 219 g/mol. The fraction of sp³-hybridized carbons (Fsp3) is 0.455. The van der Waals surface area contributed by atoms with Crippen LogP contribution in [0.5, 0.6) is 0 Å². The third-order valence-corrected chi connectivity index (χ3v) is 2.47. The fourth-order valence-electron chi connectivity index (χ4n) is 1.39. The fourth-order valence-corrected chi connectivity index (χ4v) is 1.58. The van der Waals surface area contributed by atoms with Crippen LogP contribution in [-0.2, 0) is 6.42 Å². The first kappa shape index (κ1) is 12.4. The molecule has 1 rings (SSSR count). The van der Waals surface area contributed by atoms with E-state index in [4.69, 9.17) is 16.7 Å². The molecule has 1 aromatic carbocycles. The molecule has 0 amide bonds. The molecule has 0 spiro atoms. The van der Waals surface area contributed by atoms with Crippen LogP contribution in [-0.4, -0.2) is 22.9 Å². The van der Waals surface area contributed by atoms with Crippen LogP contribution in [0.1, 0.15) is 18.4 Å². The van der Waals surface area contributed by atoms with E-state index in [-0.39, 0.29) is 18.1 Å². The molecule has 15 heavy (non-hydrogen) atoms. The van der Waals surface area contributed by atoms with Gasteiger partial charge >= 0.3 is 0 Å². The Morgan fingerprint density at radius 1 is 1.40 bits per heavy atom. The Bertz CT molecular complexity index is 317. The maximum atomic E-state index is 13.4. The lowest BCUT2D eigenvalue weighted by Crippen LogP contribution is -2.12. The molecule has 0 aliphatic heterocycles. The lowest BCUT2D eigenvalue weighted by Gasteiger charge is -2.10. The lowest BCUT2D eigenvalue weighted by molar-refractivity contribution is 0.149. The minimum Gasteiger partial charge on any atom is -0.396 e. The highest BCUT2D eigenvalue weighted by Crippen LogP contribution is 2.19. The minimum absolute atomic E-state index is 0.0368. The Morgan fingerprint density at radius 2 is 2.13 bits per heavy atom. The summed E-state index contributed by atoms with van der Waals surface area (Å²) in [6.45, 7) is 0.0368. The predicted octanol–water partition coefficient (Wildman–Crippen LogP) is 2.16. The molecule has 2 N–H and O–H groups in total. The van der Waals surface area contributed by atoms with E-state index in [9.17, 15) is 9.50 Å². The molecule has 1 atom stereocenters. The third-order valence-electron chi connectivity index (χ3n) is 2.18. The van der Waals surface area contributed by atoms with E-state index in [0.29, 0.717) is 18.4 Å². The number of benzene rings is 1. The molecule has 2 nitrogen and oxygen atoms in total. The van der Waals surface area contributed by atoms with E-state index < -0.39 is 11.9 Å². The summed E-state index contributed by atoms with van der Waals surface area (Å²) in [6.07, 6.45) is 0.572. The Balaban J connectivity index is 2.60. The van der Waals surface area contributed by atoms with Gasteiger partial charge in [0.2, 0.25) is 0 Å². The van der Waals surface area contributed by atoms with E-state index >= 15 is 0 Å². The standard InChI is InChI=1S/C11H14ClFO2/c12-10-5-1-3-8(11(10)13)7-9(15)4-2-6-14/h1,3,5,9,14-15H,2,4,6-7H2. The van der Waals surface area contributed by atoms with Gasteiger partial charge in [0.05, 0.1) is 11.1 Å².